The highest BCUT2D eigenvalue weighted by Gasteiger charge is 2.16. The van der Waals surface area contributed by atoms with Crippen molar-refractivity contribution < 1.29 is 5.11 Å². The largest absolute Gasteiger partial charge is 0.393 e. The van der Waals surface area contributed by atoms with Gasteiger partial charge >= 0.3 is 0 Å². The lowest BCUT2D eigenvalue weighted by atomic mass is 10.1. The fourth-order valence-electron chi connectivity index (χ4n) is 4.22. The fourth-order valence-corrected chi connectivity index (χ4v) is 4.22. The molecule has 3 heteroatoms. The molecule has 0 unspecified atom stereocenters. The Labute approximate surface area is 143 Å². The monoisotopic (exact) mass is 324 g/mol. The van der Waals surface area contributed by atoms with E-state index >= 15 is 0 Å². The van der Waals surface area contributed by atoms with E-state index in [9.17, 15) is 5.11 Å². The number of likely N-dealkylation sites (tertiary alicyclic amines) is 1. The van der Waals surface area contributed by atoms with Crippen molar-refractivity contribution in [1.29, 1.82) is 0 Å². The number of unbranched alkanes of at least 4 members (excludes halogenated alkanes) is 1. The molecule has 3 nitrogen and oxygen atoms in total. The van der Waals surface area contributed by atoms with E-state index in [0.717, 1.165) is 32.5 Å². The maximum absolute atomic E-state index is 9.60. The molecule has 128 valence electrons. The number of para-hydroxylation sites is 1. The normalized spacial score (nSPS) is 19.0. The topological polar surface area (TPSA) is 28.4 Å². The van der Waals surface area contributed by atoms with Gasteiger partial charge in [0.2, 0.25) is 0 Å². The van der Waals surface area contributed by atoms with E-state index in [0.29, 0.717) is 0 Å². The Bertz CT molecular complexity index is 812. The second kappa shape index (κ2) is 7.12. The molecule has 0 bridgehead atoms. The first-order valence-electron chi connectivity index (χ1n) is 9.51. The number of hydrogen-bond donors (Lipinski definition) is 1. The van der Waals surface area contributed by atoms with Crippen LogP contribution in [0.1, 0.15) is 38.5 Å². The maximum Gasteiger partial charge on any atom is 0.0564 e. The van der Waals surface area contributed by atoms with Gasteiger partial charge in [-0.3, -0.25) is 0 Å². The number of rotatable bonds is 5. The van der Waals surface area contributed by atoms with E-state index in [1.807, 2.05) is 0 Å². The fraction of sp³-hybridized carbons (Fsp3) is 0.524. The molecule has 0 spiro atoms. The van der Waals surface area contributed by atoms with Gasteiger partial charge in [-0.2, -0.15) is 0 Å². The summed E-state index contributed by atoms with van der Waals surface area (Å²) in [5, 5.41) is 13.9. The molecule has 0 amide bonds. The van der Waals surface area contributed by atoms with Crippen molar-refractivity contribution in [3.63, 3.8) is 0 Å². The average Bonchev–Trinajstić information content (AvgIpc) is 2.95. The first-order chi connectivity index (χ1) is 11.8. The third kappa shape index (κ3) is 3.15. The second-order valence-electron chi connectivity index (χ2n) is 7.23. The molecule has 1 saturated heterocycles. The molecule has 4 rings (SSSR count). The van der Waals surface area contributed by atoms with Gasteiger partial charge in [0.15, 0.2) is 0 Å². The highest BCUT2D eigenvalue weighted by Crippen LogP contribution is 2.13. The van der Waals surface area contributed by atoms with Gasteiger partial charge in [0.25, 0.3) is 0 Å². The number of benzene rings is 1. The van der Waals surface area contributed by atoms with Gasteiger partial charge in [0.1, 0.15) is 0 Å². The zero-order valence-corrected chi connectivity index (χ0v) is 14.5. The minimum absolute atomic E-state index is 0.0641. The van der Waals surface area contributed by atoms with Crippen molar-refractivity contribution in [2.24, 2.45) is 0 Å². The van der Waals surface area contributed by atoms with Crippen LogP contribution in [0, 0.1) is 0 Å². The van der Waals surface area contributed by atoms with Crippen molar-refractivity contribution in [1.82, 2.24) is 9.47 Å². The SMILES string of the molecule is OC1CCN(CCCCn2c3c(c4ccccc42)=CCCC=3)CC1. The summed E-state index contributed by atoms with van der Waals surface area (Å²) in [5.41, 5.74) is 1.39. The van der Waals surface area contributed by atoms with Gasteiger partial charge in [0.05, 0.1) is 6.10 Å². The first kappa shape index (κ1) is 15.9. The van der Waals surface area contributed by atoms with Crippen LogP contribution >= 0.6 is 0 Å². The molecular weight excluding hydrogens is 296 g/mol. The molecular formula is C21H28N2O. The molecule has 0 radical (unpaired) electrons. The molecule has 1 N–H and O–H groups in total. The summed E-state index contributed by atoms with van der Waals surface area (Å²) in [5.74, 6) is 0. The number of piperidine rings is 1. The number of nitrogens with zero attached hydrogens (tertiary/aromatic N) is 2. The Morgan fingerprint density at radius 1 is 0.958 bits per heavy atom. The van der Waals surface area contributed by atoms with Crippen LogP contribution in [-0.4, -0.2) is 40.3 Å². The van der Waals surface area contributed by atoms with E-state index in [1.54, 1.807) is 0 Å². The van der Waals surface area contributed by atoms with Gasteiger partial charge < -0.3 is 14.6 Å². The lowest BCUT2D eigenvalue weighted by Crippen LogP contribution is -2.36. The van der Waals surface area contributed by atoms with Crippen molar-refractivity contribution in [3.8, 4) is 0 Å². The molecule has 0 saturated carbocycles. The molecule has 0 atom stereocenters. The first-order valence-corrected chi connectivity index (χ1v) is 9.51. The van der Waals surface area contributed by atoms with Crippen LogP contribution in [0.5, 0.6) is 0 Å². The zero-order chi connectivity index (χ0) is 16.4. The Kier molecular flexibility index (Phi) is 4.72. The Morgan fingerprint density at radius 2 is 1.71 bits per heavy atom. The maximum atomic E-state index is 9.60. The molecule has 2 aromatic rings. The minimum Gasteiger partial charge on any atom is -0.393 e. The van der Waals surface area contributed by atoms with Gasteiger partial charge in [-0.15, -0.1) is 0 Å². The second-order valence-corrected chi connectivity index (χ2v) is 7.23. The number of aliphatic hydroxyl groups is 1. The number of aryl methyl sites for hydroxylation is 1. The van der Waals surface area contributed by atoms with Crippen LogP contribution < -0.4 is 10.6 Å². The Morgan fingerprint density at radius 3 is 2.58 bits per heavy atom. The van der Waals surface area contributed by atoms with Gasteiger partial charge in [-0.05, 0) is 51.1 Å². The van der Waals surface area contributed by atoms with Gasteiger partial charge in [-0.1, -0.05) is 30.4 Å². The lowest BCUT2D eigenvalue weighted by molar-refractivity contribution is 0.0817. The van der Waals surface area contributed by atoms with Crippen LogP contribution in [0.25, 0.3) is 23.1 Å². The summed E-state index contributed by atoms with van der Waals surface area (Å²) in [4.78, 5) is 2.51. The summed E-state index contributed by atoms with van der Waals surface area (Å²) in [6.07, 6.45) is 11.4. The molecule has 2 heterocycles. The summed E-state index contributed by atoms with van der Waals surface area (Å²) in [6, 6.07) is 8.84. The summed E-state index contributed by atoms with van der Waals surface area (Å²) in [7, 11) is 0. The van der Waals surface area contributed by atoms with Crippen molar-refractivity contribution in [3.05, 3.63) is 34.8 Å². The zero-order valence-electron chi connectivity index (χ0n) is 14.5. The average molecular weight is 324 g/mol. The van der Waals surface area contributed by atoms with Gasteiger partial charge in [0, 0.05) is 41.1 Å². The lowest BCUT2D eigenvalue weighted by Gasteiger charge is -2.29. The molecule has 24 heavy (non-hydrogen) atoms. The predicted octanol–water partition coefficient (Wildman–Crippen LogP) is 2.23. The number of hydrogen-bond acceptors (Lipinski definition) is 2. The van der Waals surface area contributed by atoms with Crippen molar-refractivity contribution in [2.75, 3.05) is 19.6 Å². The van der Waals surface area contributed by atoms with Crippen LogP contribution in [0.3, 0.4) is 0 Å². The van der Waals surface area contributed by atoms with E-state index < -0.39 is 0 Å². The predicted molar refractivity (Wildman–Crippen MR) is 100 cm³/mol. The van der Waals surface area contributed by atoms with Crippen molar-refractivity contribution in [2.45, 2.75) is 51.2 Å². The smallest absolute Gasteiger partial charge is 0.0564 e. The third-order valence-electron chi connectivity index (χ3n) is 5.57. The van der Waals surface area contributed by atoms with Crippen LogP contribution in [0.4, 0.5) is 0 Å². The molecule has 1 aromatic heterocycles. The molecule has 2 aliphatic rings. The third-order valence-corrected chi connectivity index (χ3v) is 5.57. The Hall–Kier alpha value is -1.58. The quantitative estimate of drug-likeness (QED) is 0.855. The highest BCUT2D eigenvalue weighted by atomic mass is 16.3. The number of aromatic nitrogens is 1. The molecule has 1 aromatic carbocycles. The minimum atomic E-state index is -0.0641. The molecule has 1 aliphatic heterocycles. The number of aliphatic hydroxyl groups excluding tert-OH is 1. The Balaban J connectivity index is 1.44. The summed E-state index contributed by atoms with van der Waals surface area (Å²) < 4.78 is 2.53. The molecule has 1 aliphatic carbocycles. The van der Waals surface area contributed by atoms with Crippen LogP contribution in [0.15, 0.2) is 24.3 Å². The summed E-state index contributed by atoms with van der Waals surface area (Å²) in [6.45, 7) is 4.40. The highest BCUT2D eigenvalue weighted by molar-refractivity contribution is 5.82. The van der Waals surface area contributed by atoms with E-state index in [4.69, 9.17) is 0 Å². The van der Waals surface area contributed by atoms with Crippen LogP contribution in [-0.2, 0) is 6.54 Å². The van der Waals surface area contributed by atoms with E-state index in [-0.39, 0.29) is 6.10 Å². The van der Waals surface area contributed by atoms with E-state index in [1.165, 1.54) is 53.7 Å². The van der Waals surface area contributed by atoms with E-state index in [2.05, 4.69) is 45.9 Å². The number of fused-ring (bicyclic) bond motifs is 3. The van der Waals surface area contributed by atoms with Gasteiger partial charge in [-0.25, -0.2) is 0 Å². The standard InChI is InChI=1S/C21H28N2O/c24-17-11-15-22(16-12-17)13-5-6-14-23-20-9-3-1-7-18(20)19-8-2-4-10-21(19)23/h1,3,7-10,17,24H,2,4-6,11-16H2. The summed E-state index contributed by atoms with van der Waals surface area (Å²) >= 11 is 0. The molecule has 1 fully saturated rings. The van der Waals surface area contributed by atoms with Crippen LogP contribution in [0.2, 0.25) is 0 Å². The van der Waals surface area contributed by atoms with Crippen molar-refractivity contribution >= 4 is 23.1 Å².